The molecule has 5 nitrogen and oxygen atoms in total. The summed E-state index contributed by atoms with van der Waals surface area (Å²) in [4.78, 5) is 27.9. The van der Waals surface area contributed by atoms with Gasteiger partial charge < -0.3 is 14.5 Å². The third kappa shape index (κ3) is 9.86. The van der Waals surface area contributed by atoms with Gasteiger partial charge in [-0.15, -0.1) is 0 Å². The van der Waals surface area contributed by atoms with E-state index in [0.717, 1.165) is 0 Å². The molecule has 0 radical (unpaired) electrons. The first-order valence-corrected chi connectivity index (χ1v) is 6.29. The van der Waals surface area contributed by atoms with Gasteiger partial charge in [0.15, 0.2) is 0 Å². The largest absolute Gasteiger partial charge is 0.379 e. The van der Waals surface area contributed by atoms with Crippen LogP contribution in [0.2, 0.25) is 0 Å². The minimum atomic E-state index is -4.18. The fourth-order valence-electron chi connectivity index (χ4n) is 0.897. The maximum absolute atomic E-state index is 11.0. The Bertz CT molecular complexity index is 220. The van der Waals surface area contributed by atoms with Gasteiger partial charge in [0.25, 0.3) is 0 Å². The van der Waals surface area contributed by atoms with Crippen molar-refractivity contribution >= 4 is 13.4 Å². The fourth-order valence-corrected chi connectivity index (χ4v) is 1.51. The van der Waals surface area contributed by atoms with Gasteiger partial charge in [0, 0.05) is 13.0 Å². The summed E-state index contributed by atoms with van der Waals surface area (Å²) in [5, 5.41) is 0. The van der Waals surface area contributed by atoms with Crippen LogP contribution in [0.3, 0.4) is 0 Å². The van der Waals surface area contributed by atoms with Crippen LogP contribution in [0.25, 0.3) is 0 Å². The normalized spacial score (nSPS) is 12.1. The van der Waals surface area contributed by atoms with E-state index < -0.39 is 19.5 Å². The lowest BCUT2D eigenvalue weighted by atomic mass is 10.2. The summed E-state index contributed by atoms with van der Waals surface area (Å²) in [5.74, 6) is -0.411. The molecular weight excluding hydrogens is 207 g/mol. The molecule has 0 aromatic carbocycles. The first-order valence-electron chi connectivity index (χ1n) is 4.49. The maximum Gasteiger partial charge on any atom is 0.332 e. The lowest BCUT2D eigenvalue weighted by Crippen LogP contribution is -2.09. The van der Waals surface area contributed by atoms with Gasteiger partial charge in [0.05, 0.1) is 6.10 Å². The lowest BCUT2D eigenvalue weighted by molar-refractivity contribution is -0.117. The van der Waals surface area contributed by atoms with Gasteiger partial charge in [-0.1, -0.05) is 0 Å². The van der Waals surface area contributed by atoms with Crippen molar-refractivity contribution in [2.75, 3.05) is 12.8 Å². The first-order chi connectivity index (χ1) is 6.31. The van der Waals surface area contributed by atoms with Crippen LogP contribution in [-0.2, 0) is 14.1 Å². The Hall–Kier alpha value is -0.220. The molecule has 6 heteroatoms. The fraction of sp³-hybridized carbons (Fsp3) is 0.875. The Morgan fingerprint density at radius 2 is 2.00 bits per heavy atom. The van der Waals surface area contributed by atoms with Crippen molar-refractivity contribution in [3.63, 3.8) is 0 Å². The lowest BCUT2D eigenvalue weighted by Gasteiger charge is -2.06. The first kappa shape index (κ1) is 13.8. The molecule has 0 unspecified atom stereocenters. The summed E-state index contributed by atoms with van der Waals surface area (Å²) >= 11 is 0. The van der Waals surface area contributed by atoms with Crippen LogP contribution in [0.4, 0.5) is 0 Å². The molecule has 0 bridgehead atoms. The highest BCUT2D eigenvalue weighted by molar-refractivity contribution is 7.52. The minimum Gasteiger partial charge on any atom is -0.379 e. The second-order valence-corrected chi connectivity index (χ2v) is 5.03. The highest BCUT2D eigenvalue weighted by Gasteiger charge is 2.18. The number of Topliss-reactive ketones (excluding diaryl/α,β-unsaturated/α-hetero) is 1. The van der Waals surface area contributed by atoms with Crippen molar-refractivity contribution in [1.29, 1.82) is 0 Å². The van der Waals surface area contributed by atoms with Gasteiger partial charge in [-0.05, 0) is 20.3 Å². The summed E-state index contributed by atoms with van der Waals surface area (Å²) in [6, 6.07) is 0. The molecule has 0 aliphatic rings. The van der Waals surface area contributed by atoms with E-state index in [-0.39, 0.29) is 12.5 Å². The monoisotopic (exact) mass is 224 g/mol. The highest BCUT2D eigenvalue weighted by Crippen LogP contribution is 2.34. The minimum absolute atomic E-state index is 0.117. The van der Waals surface area contributed by atoms with Crippen molar-refractivity contribution in [3.8, 4) is 0 Å². The van der Waals surface area contributed by atoms with Crippen LogP contribution in [0.5, 0.6) is 0 Å². The third-order valence-electron chi connectivity index (χ3n) is 1.43. The Morgan fingerprint density at radius 3 is 2.43 bits per heavy atom. The van der Waals surface area contributed by atoms with Crippen LogP contribution >= 0.6 is 7.60 Å². The van der Waals surface area contributed by atoms with E-state index in [1.165, 1.54) is 0 Å². The molecule has 0 saturated heterocycles. The van der Waals surface area contributed by atoms with Crippen molar-refractivity contribution in [3.05, 3.63) is 0 Å². The number of ether oxygens (including phenoxy) is 1. The van der Waals surface area contributed by atoms with Crippen molar-refractivity contribution < 1.29 is 23.9 Å². The second-order valence-electron chi connectivity index (χ2n) is 3.38. The van der Waals surface area contributed by atoms with E-state index in [1.54, 1.807) is 0 Å². The van der Waals surface area contributed by atoms with Crippen LogP contribution in [0.1, 0.15) is 26.7 Å². The summed E-state index contributed by atoms with van der Waals surface area (Å²) in [5.41, 5.74) is 0. The molecule has 0 saturated carbocycles. The molecule has 0 fully saturated rings. The third-order valence-corrected chi connectivity index (χ3v) is 2.20. The molecule has 0 aromatic rings. The Labute approximate surface area is 83.6 Å². The summed E-state index contributed by atoms with van der Waals surface area (Å²) in [7, 11) is -4.18. The van der Waals surface area contributed by atoms with E-state index in [1.807, 2.05) is 13.8 Å². The van der Waals surface area contributed by atoms with E-state index in [4.69, 9.17) is 14.5 Å². The molecule has 84 valence electrons. The van der Waals surface area contributed by atoms with Crippen LogP contribution in [0, 0.1) is 0 Å². The average molecular weight is 224 g/mol. The van der Waals surface area contributed by atoms with Crippen molar-refractivity contribution in [1.82, 2.24) is 0 Å². The molecule has 0 spiro atoms. The maximum atomic E-state index is 11.0. The number of ketones is 1. The SMILES string of the molecule is CC(C)OCCCC(=O)CP(=O)(O)O. The molecule has 0 rings (SSSR count). The van der Waals surface area contributed by atoms with Gasteiger partial charge >= 0.3 is 7.60 Å². The van der Waals surface area contributed by atoms with Gasteiger partial charge in [-0.3, -0.25) is 9.36 Å². The standard InChI is InChI=1S/C8H17O5P/c1-7(2)13-5-3-4-8(9)6-14(10,11)12/h7H,3-6H2,1-2H3,(H2,10,11,12). The summed E-state index contributed by atoms with van der Waals surface area (Å²) < 4.78 is 15.6. The van der Waals surface area contributed by atoms with Gasteiger partial charge in [0.2, 0.25) is 0 Å². The Kier molecular flexibility index (Phi) is 6.20. The van der Waals surface area contributed by atoms with E-state index >= 15 is 0 Å². The molecule has 0 heterocycles. The molecule has 0 amide bonds. The van der Waals surface area contributed by atoms with Crippen molar-refractivity contribution in [2.45, 2.75) is 32.8 Å². The smallest absolute Gasteiger partial charge is 0.332 e. The molecule has 14 heavy (non-hydrogen) atoms. The predicted octanol–water partition coefficient (Wildman–Crippen LogP) is 0.938. The molecule has 0 aliphatic carbocycles. The van der Waals surface area contributed by atoms with Gasteiger partial charge in [-0.25, -0.2) is 0 Å². The number of rotatable bonds is 7. The quantitative estimate of drug-likeness (QED) is 0.496. The van der Waals surface area contributed by atoms with Gasteiger partial charge in [0.1, 0.15) is 11.9 Å². The van der Waals surface area contributed by atoms with Gasteiger partial charge in [-0.2, -0.15) is 0 Å². The molecule has 0 aromatic heterocycles. The van der Waals surface area contributed by atoms with Crippen LogP contribution < -0.4 is 0 Å². The van der Waals surface area contributed by atoms with E-state index in [9.17, 15) is 9.36 Å². The van der Waals surface area contributed by atoms with Crippen LogP contribution in [0.15, 0.2) is 0 Å². The zero-order chi connectivity index (χ0) is 11.2. The number of carbonyl (C=O) groups is 1. The molecular formula is C8H17O5P. The van der Waals surface area contributed by atoms with E-state index in [0.29, 0.717) is 13.0 Å². The molecule has 2 N–H and O–H groups in total. The average Bonchev–Trinajstić information content (AvgIpc) is 1.94. The van der Waals surface area contributed by atoms with Crippen molar-refractivity contribution in [2.24, 2.45) is 0 Å². The Balaban J connectivity index is 3.51. The zero-order valence-electron chi connectivity index (χ0n) is 8.47. The summed E-state index contributed by atoms with van der Waals surface area (Å²) in [6.07, 6.45) is 0.135. The number of carbonyl (C=O) groups excluding carboxylic acids is 1. The molecule has 0 atom stereocenters. The van der Waals surface area contributed by atoms with Crippen LogP contribution in [-0.4, -0.2) is 34.4 Å². The second kappa shape index (κ2) is 6.30. The molecule has 0 aliphatic heterocycles. The zero-order valence-corrected chi connectivity index (χ0v) is 9.37. The number of hydrogen-bond donors (Lipinski definition) is 2. The topological polar surface area (TPSA) is 83.8 Å². The Morgan fingerprint density at radius 1 is 1.43 bits per heavy atom. The van der Waals surface area contributed by atoms with E-state index in [2.05, 4.69) is 0 Å². The summed E-state index contributed by atoms with van der Waals surface area (Å²) in [6.45, 7) is 4.22. The number of hydrogen-bond acceptors (Lipinski definition) is 3. The highest BCUT2D eigenvalue weighted by atomic mass is 31.2. The predicted molar refractivity (Wildman–Crippen MR) is 52.2 cm³/mol.